The van der Waals surface area contributed by atoms with Gasteiger partial charge in [-0.05, 0) is 56.2 Å². The van der Waals surface area contributed by atoms with E-state index in [2.05, 4.69) is 9.93 Å². The van der Waals surface area contributed by atoms with E-state index in [0.29, 0.717) is 29.2 Å². The molecule has 0 saturated heterocycles. The van der Waals surface area contributed by atoms with Crippen molar-refractivity contribution in [2.24, 2.45) is 5.10 Å². The average molecular weight is 362 g/mol. The molecule has 134 valence electrons. The highest BCUT2D eigenvalue weighted by Crippen LogP contribution is 2.27. The van der Waals surface area contributed by atoms with Crippen molar-refractivity contribution in [3.05, 3.63) is 53.1 Å². The summed E-state index contributed by atoms with van der Waals surface area (Å²) in [7, 11) is -2.16. The number of methoxy groups -OCH3 is 1. The zero-order chi connectivity index (χ0) is 18.4. The van der Waals surface area contributed by atoms with Gasteiger partial charge in [0.05, 0.1) is 24.8 Å². The van der Waals surface area contributed by atoms with Crippen LogP contribution in [0.5, 0.6) is 11.5 Å². The molecular weight excluding hydrogens is 340 g/mol. The lowest BCUT2D eigenvalue weighted by Crippen LogP contribution is -2.19. The van der Waals surface area contributed by atoms with E-state index in [1.807, 2.05) is 19.9 Å². The van der Waals surface area contributed by atoms with Crippen molar-refractivity contribution in [2.45, 2.75) is 25.7 Å². The fourth-order valence-electron chi connectivity index (χ4n) is 2.36. The molecule has 0 atom stereocenters. The van der Waals surface area contributed by atoms with Gasteiger partial charge in [0, 0.05) is 0 Å². The standard InChI is InChI=1S/C18H22N2O4S/c1-5-24-17-11-15(7-8-16(17)23-4)12-19-20-25(21,22)18-9-6-13(2)10-14(18)3/h6-12,20H,5H2,1-4H3/b19-12+. The second-order valence-corrected chi connectivity index (χ2v) is 7.09. The summed E-state index contributed by atoms with van der Waals surface area (Å²) in [5.41, 5.74) is 2.36. The van der Waals surface area contributed by atoms with Gasteiger partial charge in [0.2, 0.25) is 0 Å². The Morgan fingerprint density at radius 3 is 2.52 bits per heavy atom. The van der Waals surface area contributed by atoms with Gasteiger partial charge in [-0.25, -0.2) is 4.83 Å². The van der Waals surface area contributed by atoms with E-state index < -0.39 is 10.0 Å². The molecule has 0 aliphatic rings. The van der Waals surface area contributed by atoms with E-state index in [1.165, 1.54) is 6.21 Å². The van der Waals surface area contributed by atoms with E-state index in [-0.39, 0.29) is 4.90 Å². The molecule has 7 heteroatoms. The van der Waals surface area contributed by atoms with Gasteiger partial charge < -0.3 is 9.47 Å². The number of ether oxygens (including phenoxy) is 2. The molecule has 0 aliphatic carbocycles. The molecule has 2 aromatic rings. The molecule has 1 N–H and O–H groups in total. The van der Waals surface area contributed by atoms with Gasteiger partial charge in [-0.2, -0.15) is 13.5 Å². The minimum absolute atomic E-state index is 0.208. The van der Waals surface area contributed by atoms with Crippen LogP contribution in [0.3, 0.4) is 0 Å². The van der Waals surface area contributed by atoms with Crippen LogP contribution in [-0.2, 0) is 10.0 Å². The van der Waals surface area contributed by atoms with Crippen LogP contribution in [0.1, 0.15) is 23.6 Å². The molecule has 0 aliphatic heterocycles. The minimum Gasteiger partial charge on any atom is -0.493 e. The molecular formula is C18H22N2O4S. The number of nitrogens with one attached hydrogen (secondary N) is 1. The van der Waals surface area contributed by atoms with E-state index in [1.54, 1.807) is 44.4 Å². The number of nitrogens with zero attached hydrogens (tertiary/aromatic N) is 1. The zero-order valence-electron chi connectivity index (χ0n) is 14.7. The molecule has 0 fully saturated rings. The smallest absolute Gasteiger partial charge is 0.276 e. The van der Waals surface area contributed by atoms with Crippen LogP contribution in [0.15, 0.2) is 46.4 Å². The number of sulfonamides is 1. The number of hydrogen-bond donors (Lipinski definition) is 1. The summed E-state index contributed by atoms with van der Waals surface area (Å²) in [5, 5.41) is 3.85. The average Bonchev–Trinajstić information content (AvgIpc) is 2.55. The summed E-state index contributed by atoms with van der Waals surface area (Å²) in [6.45, 7) is 6.03. The fourth-order valence-corrected chi connectivity index (χ4v) is 3.38. The molecule has 0 saturated carbocycles. The summed E-state index contributed by atoms with van der Waals surface area (Å²) in [4.78, 5) is 2.44. The molecule has 0 bridgehead atoms. The quantitative estimate of drug-likeness (QED) is 0.607. The van der Waals surface area contributed by atoms with E-state index in [0.717, 1.165) is 5.56 Å². The third-order valence-corrected chi connectivity index (χ3v) is 4.88. The predicted octanol–water partition coefficient (Wildman–Crippen LogP) is 3.02. The van der Waals surface area contributed by atoms with Gasteiger partial charge >= 0.3 is 0 Å². The summed E-state index contributed by atoms with van der Waals surface area (Å²) in [5.74, 6) is 1.18. The van der Waals surface area contributed by atoms with Gasteiger partial charge in [-0.15, -0.1) is 0 Å². The second kappa shape index (κ2) is 8.02. The van der Waals surface area contributed by atoms with E-state index >= 15 is 0 Å². The molecule has 25 heavy (non-hydrogen) atoms. The number of hydrazone groups is 1. The van der Waals surface area contributed by atoms with Gasteiger partial charge in [-0.3, -0.25) is 0 Å². The number of benzene rings is 2. The van der Waals surface area contributed by atoms with Crippen molar-refractivity contribution in [1.29, 1.82) is 0 Å². The van der Waals surface area contributed by atoms with E-state index in [4.69, 9.17) is 9.47 Å². The van der Waals surface area contributed by atoms with Gasteiger partial charge in [0.1, 0.15) is 0 Å². The zero-order valence-corrected chi connectivity index (χ0v) is 15.6. The SMILES string of the molecule is CCOc1cc(/C=N/NS(=O)(=O)c2ccc(C)cc2C)ccc1OC. The molecule has 6 nitrogen and oxygen atoms in total. The summed E-state index contributed by atoms with van der Waals surface area (Å²) in [6.07, 6.45) is 1.42. The fraction of sp³-hybridized carbons (Fsp3) is 0.278. The Bertz CT molecular complexity index is 877. The maximum atomic E-state index is 12.4. The lowest BCUT2D eigenvalue weighted by molar-refractivity contribution is 0.311. The number of rotatable bonds is 7. The van der Waals surface area contributed by atoms with Gasteiger partial charge in [0.25, 0.3) is 10.0 Å². The monoisotopic (exact) mass is 362 g/mol. The maximum absolute atomic E-state index is 12.4. The normalized spacial score (nSPS) is 11.5. The first-order chi connectivity index (χ1) is 11.9. The highest BCUT2D eigenvalue weighted by Gasteiger charge is 2.15. The van der Waals surface area contributed by atoms with Crippen LogP contribution in [0.2, 0.25) is 0 Å². The lowest BCUT2D eigenvalue weighted by Gasteiger charge is -2.10. The lowest BCUT2D eigenvalue weighted by atomic mass is 10.2. The summed E-state index contributed by atoms with van der Waals surface area (Å²) in [6, 6.07) is 10.4. The van der Waals surface area contributed by atoms with E-state index in [9.17, 15) is 8.42 Å². The third kappa shape index (κ3) is 4.73. The first-order valence-corrected chi connectivity index (χ1v) is 9.28. The van der Waals surface area contributed by atoms with Crippen LogP contribution >= 0.6 is 0 Å². The highest BCUT2D eigenvalue weighted by atomic mass is 32.2. The summed E-state index contributed by atoms with van der Waals surface area (Å²) < 4.78 is 35.4. The van der Waals surface area contributed by atoms with Crippen molar-refractivity contribution in [1.82, 2.24) is 4.83 Å². The Hall–Kier alpha value is -2.54. The van der Waals surface area contributed by atoms with Crippen LogP contribution < -0.4 is 14.3 Å². The number of hydrogen-bond acceptors (Lipinski definition) is 5. The van der Waals surface area contributed by atoms with Crippen LogP contribution in [0, 0.1) is 13.8 Å². The Morgan fingerprint density at radius 2 is 1.88 bits per heavy atom. The maximum Gasteiger partial charge on any atom is 0.276 e. The first-order valence-electron chi connectivity index (χ1n) is 7.80. The van der Waals surface area contributed by atoms with Crippen molar-refractivity contribution in [3.8, 4) is 11.5 Å². The van der Waals surface area contributed by atoms with Gasteiger partial charge in [-0.1, -0.05) is 17.7 Å². The van der Waals surface area contributed by atoms with Crippen LogP contribution in [-0.4, -0.2) is 28.3 Å². The molecule has 0 aromatic heterocycles. The van der Waals surface area contributed by atoms with Crippen molar-refractivity contribution < 1.29 is 17.9 Å². The summed E-state index contributed by atoms with van der Waals surface area (Å²) >= 11 is 0. The highest BCUT2D eigenvalue weighted by molar-refractivity contribution is 7.89. The molecule has 2 rings (SSSR count). The Kier molecular flexibility index (Phi) is 6.03. The molecule has 0 radical (unpaired) electrons. The Balaban J connectivity index is 2.18. The molecule has 0 unspecified atom stereocenters. The Labute approximate surface area is 148 Å². The predicted molar refractivity (Wildman–Crippen MR) is 98.0 cm³/mol. The second-order valence-electron chi connectivity index (χ2n) is 5.47. The molecule has 0 heterocycles. The largest absolute Gasteiger partial charge is 0.493 e. The van der Waals surface area contributed by atoms with Crippen LogP contribution in [0.25, 0.3) is 0 Å². The van der Waals surface area contributed by atoms with Crippen molar-refractivity contribution >= 4 is 16.2 Å². The minimum atomic E-state index is -3.71. The molecule has 0 spiro atoms. The van der Waals surface area contributed by atoms with Crippen molar-refractivity contribution in [2.75, 3.05) is 13.7 Å². The van der Waals surface area contributed by atoms with Gasteiger partial charge in [0.15, 0.2) is 11.5 Å². The van der Waals surface area contributed by atoms with Crippen molar-refractivity contribution in [3.63, 3.8) is 0 Å². The molecule has 2 aromatic carbocycles. The van der Waals surface area contributed by atoms with Crippen LogP contribution in [0.4, 0.5) is 0 Å². The Morgan fingerprint density at radius 1 is 1.12 bits per heavy atom. The molecule has 0 amide bonds. The number of aryl methyl sites for hydroxylation is 2. The topological polar surface area (TPSA) is 77.0 Å². The third-order valence-electron chi connectivity index (χ3n) is 3.49. The first kappa shape index (κ1) is 18.8.